The summed E-state index contributed by atoms with van der Waals surface area (Å²) in [7, 11) is 0. The molecule has 112 valence electrons. The second-order valence-corrected chi connectivity index (χ2v) is 7.24. The number of amides is 1. The van der Waals surface area contributed by atoms with Crippen LogP contribution in [0, 0.1) is 5.92 Å². The third kappa shape index (κ3) is 2.68. The highest BCUT2D eigenvalue weighted by molar-refractivity contribution is 7.16. The molecule has 4 nitrogen and oxygen atoms in total. The zero-order chi connectivity index (χ0) is 15.0. The van der Waals surface area contributed by atoms with Gasteiger partial charge in [0.25, 0.3) is 0 Å². The van der Waals surface area contributed by atoms with Gasteiger partial charge in [-0.25, -0.2) is 4.98 Å². The monoisotopic (exact) mass is 303 g/mol. The fraction of sp³-hybridized carbons (Fsp3) is 0.500. The van der Waals surface area contributed by atoms with E-state index >= 15 is 0 Å². The molecule has 0 saturated carbocycles. The van der Waals surface area contributed by atoms with Gasteiger partial charge in [0.1, 0.15) is 0 Å². The summed E-state index contributed by atoms with van der Waals surface area (Å²) in [4.78, 5) is 19.2. The number of carbonyl (C=O) groups excluding carboxylic acids is 1. The molecular formula is C16H21N3OS. The molecule has 1 N–H and O–H groups in total. The SMILES string of the molecule is CC(C)CN1CCC1(C)C(=O)Nc1ccc2scnc2c1. The Bertz CT molecular complexity index is 666. The van der Waals surface area contributed by atoms with E-state index in [1.54, 1.807) is 11.3 Å². The van der Waals surface area contributed by atoms with Gasteiger partial charge in [-0.2, -0.15) is 0 Å². The summed E-state index contributed by atoms with van der Waals surface area (Å²) in [5.41, 5.74) is 3.22. The van der Waals surface area contributed by atoms with Crippen LogP contribution in [0.25, 0.3) is 10.2 Å². The van der Waals surface area contributed by atoms with Crippen molar-refractivity contribution >= 4 is 33.1 Å². The van der Waals surface area contributed by atoms with Crippen LogP contribution in [0.15, 0.2) is 23.7 Å². The number of anilines is 1. The third-order valence-electron chi connectivity index (χ3n) is 4.23. The minimum absolute atomic E-state index is 0.0870. The van der Waals surface area contributed by atoms with E-state index in [1.165, 1.54) is 0 Å². The van der Waals surface area contributed by atoms with Gasteiger partial charge in [-0.05, 0) is 37.5 Å². The first kappa shape index (κ1) is 14.5. The van der Waals surface area contributed by atoms with Gasteiger partial charge in [-0.15, -0.1) is 11.3 Å². The van der Waals surface area contributed by atoms with Crippen LogP contribution in [-0.4, -0.2) is 34.4 Å². The Morgan fingerprint density at radius 3 is 3.00 bits per heavy atom. The summed E-state index contributed by atoms with van der Waals surface area (Å²) in [5, 5.41) is 3.05. The van der Waals surface area contributed by atoms with E-state index in [0.29, 0.717) is 5.92 Å². The van der Waals surface area contributed by atoms with E-state index in [9.17, 15) is 4.79 Å². The maximum atomic E-state index is 12.6. The van der Waals surface area contributed by atoms with E-state index in [-0.39, 0.29) is 11.4 Å². The first-order valence-electron chi connectivity index (χ1n) is 7.39. The zero-order valence-corrected chi connectivity index (χ0v) is 13.5. The molecule has 1 unspecified atom stereocenters. The summed E-state index contributed by atoms with van der Waals surface area (Å²) in [6.45, 7) is 8.39. The molecule has 5 heteroatoms. The average Bonchev–Trinajstić information content (AvgIpc) is 2.90. The molecule has 0 radical (unpaired) electrons. The number of carbonyl (C=O) groups is 1. The first-order chi connectivity index (χ1) is 9.99. The van der Waals surface area contributed by atoms with Gasteiger partial charge in [-0.3, -0.25) is 9.69 Å². The van der Waals surface area contributed by atoms with Crippen molar-refractivity contribution in [3.63, 3.8) is 0 Å². The van der Waals surface area contributed by atoms with E-state index in [0.717, 1.165) is 35.4 Å². The van der Waals surface area contributed by atoms with Crippen molar-refractivity contribution in [2.75, 3.05) is 18.4 Å². The molecule has 0 aliphatic carbocycles. The summed E-state index contributed by atoms with van der Waals surface area (Å²) in [6.07, 6.45) is 0.921. The second-order valence-electron chi connectivity index (χ2n) is 6.35. The number of thiazole rings is 1. The Kier molecular flexibility index (Phi) is 3.71. The molecule has 2 heterocycles. The molecule has 1 aromatic carbocycles. The lowest BCUT2D eigenvalue weighted by atomic mass is 9.84. The highest BCUT2D eigenvalue weighted by atomic mass is 32.1. The number of rotatable bonds is 4. The number of benzene rings is 1. The number of likely N-dealkylation sites (tertiary alicyclic amines) is 1. The molecule has 0 bridgehead atoms. The molecule has 0 spiro atoms. The van der Waals surface area contributed by atoms with Crippen LogP contribution < -0.4 is 5.32 Å². The van der Waals surface area contributed by atoms with Crippen molar-refractivity contribution < 1.29 is 4.79 Å². The second kappa shape index (κ2) is 5.39. The fourth-order valence-corrected chi connectivity index (χ4v) is 3.46. The lowest BCUT2D eigenvalue weighted by Gasteiger charge is -2.49. The fourth-order valence-electron chi connectivity index (χ4n) is 2.80. The molecule has 1 aromatic heterocycles. The van der Waals surface area contributed by atoms with Gasteiger partial charge in [0, 0.05) is 18.8 Å². The van der Waals surface area contributed by atoms with E-state index in [1.807, 2.05) is 30.6 Å². The van der Waals surface area contributed by atoms with Crippen molar-refractivity contribution in [2.24, 2.45) is 5.92 Å². The molecule has 1 fully saturated rings. The largest absolute Gasteiger partial charge is 0.324 e. The van der Waals surface area contributed by atoms with E-state index in [4.69, 9.17) is 0 Å². The normalized spacial score (nSPS) is 22.5. The smallest absolute Gasteiger partial charge is 0.244 e. The van der Waals surface area contributed by atoms with Crippen LogP contribution >= 0.6 is 11.3 Å². The lowest BCUT2D eigenvalue weighted by Crippen LogP contribution is -2.64. The summed E-state index contributed by atoms with van der Waals surface area (Å²) in [5.74, 6) is 0.660. The Balaban J connectivity index is 1.73. The number of nitrogens with one attached hydrogen (secondary N) is 1. The van der Waals surface area contributed by atoms with Gasteiger partial charge in [0.15, 0.2) is 0 Å². The Hall–Kier alpha value is -1.46. The van der Waals surface area contributed by atoms with E-state index < -0.39 is 0 Å². The van der Waals surface area contributed by atoms with Crippen molar-refractivity contribution in [1.82, 2.24) is 9.88 Å². The molecule has 1 aliphatic rings. The number of aromatic nitrogens is 1. The summed E-state index contributed by atoms with van der Waals surface area (Å²) < 4.78 is 1.14. The lowest BCUT2D eigenvalue weighted by molar-refractivity contribution is -0.136. The summed E-state index contributed by atoms with van der Waals surface area (Å²) >= 11 is 1.61. The Morgan fingerprint density at radius 2 is 2.33 bits per heavy atom. The van der Waals surface area contributed by atoms with Crippen LogP contribution in [0.1, 0.15) is 27.2 Å². The Labute approximate surface area is 129 Å². The maximum Gasteiger partial charge on any atom is 0.244 e. The predicted octanol–water partition coefficient (Wildman–Crippen LogP) is 3.36. The molecule has 2 aromatic rings. The van der Waals surface area contributed by atoms with Gasteiger partial charge in [0.05, 0.1) is 21.3 Å². The van der Waals surface area contributed by atoms with Gasteiger partial charge >= 0.3 is 0 Å². The maximum absolute atomic E-state index is 12.6. The van der Waals surface area contributed by atoms with Crippen molar-refractivity contribution in [1.29, 1.82) is 0 Å². The predicted molar refractivity (Wildman–Crippen MR) is 87.7 cm³/mol. The van der Waals surface area contributed by atoms with Crippen LogP contribution in [0.5, 0.6) is 0 Å². The Morgan fingerprint density at radius 1 is 1.52 bits per heavy atom. The van der Waals surface area contributed by atoms with Gasteiger partial charge in [0.2, 0.25) is 5.91 Å². The molecule has 21 heavy (non-hydrogen) atoms. The standard InChI is InChI=1S/C16H21N3OS/c1-11(2)9-19-7-6-16(19,3)15(20)18-12-4-5-14-13(8-12)17-10-21-14/h4-5,8,10-11H,6-7,9H2,1-3H3,(H,18,20). The van der Waals surface area contributed by atoms with Gasteiger partial charge in [-0.1, -0.05) is 13.8 Å². The molecule has 1 atom stereocenters. The van der Waals surface area contributed by atoms with Crippen LogP contribution in [0.4, 0.5) is 5.69 Å². The molecule has 1 aliphatic heterocycles. The third-order valence-corrected chi connectivity index (χ3v) is 5.04. The van der Waals surface area contributed by atoms with Crippen molar-refractivity contribution in [3.05, 3.63) is 23.7 Å². The van der Waals surface area contributed by atoms with Crippen LogP contribution in [-0.2, 0) is 4.79 Å². The molecule has 1 saturated heterocycles. The minimum atomic E-state index is -0.374. The first-order valence-corrected chi connectivity index (χ1v) is 8.27. The van der Waals surface area contributed by atoms with Gasteiger partial charge < -0.3 is 5.32 Å². The number of nitrogens with zero attached hydrogens (tertiary/aromatic N) is 2. The van der Waals surface area contributed by atoms with Crippen molar-refractivity contribution in [3.8, 4) is 0 Å². The van der Waals surface area contributed by atoms with Crippen LogP contribution in [0.2, 0.25) is 0 Å². The average molecular weight is 303 g/mol. The molecule has 1 amide bonds. The number of hydrogen-bond donors (Lipinski definition) is 1. The molecule has 3 rings (SSSR count). The van der Waals surface area contributed by atoms with Crippen LogP contribution in [0.3, 0.4) is 0 Å². The quantitative estimate of drug-likeness (QED) is 0.942. The zero-order valence-electron chi connectivity index (χ0n) is 12.7. The topological polar surface area (TPSA) is 45.2 Å². The minimum Gasteiger partial charge on any atom is -0.324 e. The number of fused-ring (bicyclic) bond motifs is 1. The van der Waals surface area contributed by atoms with E-state index in [2.05, 4.69) is 29.0 Å². The molecular weight excluding hydrogens is 282 g/mol. The van der Waals surface area contributed by atoms with Crippen molar-refractivity contribution in [2.45, 2.75) is 32.7 Å². The number of hydrogen-bond acceptors (Lipinski definition) is 4. The highest BCUT2D eigenvalue weighted by Crippen LogP contribution is 2.32. The summed E-state index contributed by atoms with van der Waals surface area (Å²) in [6, 6.07) is 5.91. The highest BCUT2D eigenvalue weighted by Gasteiger charge is 2.46.